The Bertz CT molecular complexity index is 1280. The fourth-order valence-corrected chi connectivity index (χ4v) is 5.57. The second-order valence-corrected chi connectivity index (χ2v) is 10.2. The van der Waals surface area contributed by atoms with E-state index in [-0.39, 0.29) is 11.9 Å². The summed E-state index contributed by atoms with van der Waals surface area (Å²) in [5.41, 5.74) is 3.20. The van der Waals surface area contributed by atoms with Gasteiger partial charge < -0.3 is 0 Å². The van der Waals surface area contributed by atoms with E-state index in [1.165, 1.54) is 30.9 Å². The summed E-state index contributed by atoms with van der Waals surface area (Å²) in [7, 11) is 0. The molecule has 0 spiro atoms. The van der Waals surface area contributed by atoms with Gasteiger partial charge in [-0.1, -0.05) is 42.8 Å². The quantitative estimate of drug-likeness (QED) is 0.367. The Hall–Kier alpha value is -3.43. The van der Waals surface area contributed by atoms with Crippen molar-refractivity contribution in [3.63, 3.8) is 0 Å². The van der Waals surface area contributed by atoms with E-state index in [1.54, 1.807) is 18.3 Å². The molecule has 2 aromatic heterocycles. The van der Waals surface area contributed by atoms with E-state index in [0.717, 1.165) is 62.1 Å². The zero-order valence-corrected chi connectivity index (χ0v) is 21.0. The van der Waals surface area contributed by atoms with Crippen molar-refractivity contribution in [2.24, 2.45) is 0 Å². The maximum Gasteiger partial charge on any atom is 0.173 e. The SMILES string of the molecule is Fc1cccc(Cn2nnnc2C(c2ccc(Cn3cccn3)cc2)N2CCCN(C3CCC3)CC2)c1. The molecule has 9 heteroatoms. The fraction of sp³-hybridized carbons (Fsp3) is 0.429. The molecule has 1 saturated heterocycles. The summed E-state index contributed by atoms with van der Waals surface area (Å²) >= 11 is 0. The lowest BCUT2D eigenvalue weighted by Gasteiger charge is -2.37. The van der Waals surface area contributed by atoms with Crippen LogP contribution in [0.25, 0.3) is 0 Å². The minimum Gasteiger partial charge on any atom is -0.299 e. The van der Waals surface area contributed by atoms with Crippen LogP contribution in [0, 0.1) is 5.82 Å². The molecule has 37 heavy (non-hydrogen) atoms. The molecule has 2 aromatic carbocycles. The van der Waals surface area contributed by atoms with E-state index < -0.39 is 0 Å². The van der Waals surface area contributed by atoms with Gasteiger partial charge in [0.2, 0.25) is 0 Å². The van der Waals surface area contributed by atoms with Crippen LogP contribution in [0.1, 0.15) is 54.2 Å². The molecule has 192 valence electrons. The second kappa shape index (κ2) is 10.9. The van der Waals surface area contributed by atoms with Gasteiger partial charge in [-0.15, -0.1) is 5.10 Å². The van der Waals surface area contributed by atoms with Crippen molar-refractivity contribution in [2.75, 3.05) is 26.2 Å². The average Bonchev–Trinajstić information content (AvgIpc) is 3.48. The van der Waals surface area contributed by atoms with Crippen LogP contribution in [-0.4, -0.2) is 72.0 Å². The van der Waals surface area contributed by atoms with E-state index in [9.17, 15) is 4.39 Å². The Morgan fingerprint density at radius 2 is 1.78 bits per heavy atom. The first kappa shape index (κ1) is 23.9. The lowest BCUT2D eigenvalue weighted by molar-refractivity contribution is 0.127. The number of halogens is 1. The maximum absolute atomic E-state index is 13.9. The molecule has 1 unspecified atom stereocenters. The van der Waals surface area contributed by atoms with Crippen LogP contribution in [0.2, 0.25) is 0 Å². The van der Waals surface area contributed by atoms with Gasteiger partial charge in [0.1, 0.15) is 5.82 Å². The van der Waals surface area contributed by atoms with Gasteiger partial charge in [0.25, 0.3) is 0 Å². The Labute approximate surface area is 216 Å². The zero-order chi connectivity index (χ0) is 25.0. The van der Waals surface area contributed by atoms with E-state index in [4.69, 9.17) is 0 Å². The van der Waals surface area contributed by atoms with E-state index in [0.29, 0.717) is 6.54 Å². The van der Waals surface area contributed by atoms with Crippen LogP contribution in [0.3, 0.4) is 0 Å². The van der Waals surface area contributed by atoms with Gasteiger partial charge in [-0.05, 0) is 71.1 Å². The molecule has 1 atom stereocenters. The average molecular weight is 501 g/mol. The van der Waals surface area contributed by atoms with Gasteiger partial charge in [0, 0.05) is 38.1 Å². The third-order valence-corrected chi connectivity index (χ3v) is 7.75. The van der Waals surface area contributed by atoms with Crippen molar-refractivity contribution in [1.29, 1.82) is 0 Å². The molecule has 3 heterocycles. The first-order valence-corrected chi connectivity index (χ1v) is 13.3. The predicted molar refractivity (Wildman–Crippen MR) is 138 cm³/mol. The van der Waals surface area contributed by atoms with E-state index in [2.05, 4.69) is 54.7 Å². The third kappa shape index (κ3) is 5.47. The summed E-state index contributed by atoms with van der Waals surface area (Å²) in [6.45, 7) is 5.30. The molecule has 1 aliphatic heterocycles. The molecule has 4 aromatic rings. The zero-order valence-electron chi connectivity index (χ0n) is 21.0. The van der Waals surface area contributed by atoms with Crippen LogP contribution in [0.4, 0.5) is 4.39 Å². The number of benzene rings is 2. The van der Waals surface area contributed by atoms with Gasteiger partial charge >= 0.3 is 0 Å². The van der Waals surface area contributed by atoms with Crippen LogP contribution in [-0.2, 0) is 13.1 Å². The number of rotatable bonds is 8. The number of hydrogen-bond donors (Lipinski definition) is 0. The number of tetrazole rings is 1. The maximum atomic E-state index is 13.9. The van der Waals surface area contributed by atoms with Crippen molar-refractivity contribution >= 4 is 0 Å². The topological polar surface area (TPSA) is 67.9 Å². The summed E-state index contributed by atoms with van der Waals surface area (Å²) in [5, 5.41) is 17.2. The normalized spacial score (nSPS) is 18.4. The molecule has 0 bridgehead atoms. The molecular formula is C28H33FN8. The highest BCUT2D eigenvalue weighted by Crippen LogP contribution is 2.31. The predicted octanol–water partition coefficient (Wildman–Crippen LogP) is 3.75. The van der Waals surface area contributed by atoms with Gasteiger partial charge in [-0.2, -0.15) is 5.10 Å². The van der Waals surface area contributed by atoms with Crippen molar-refractivity contribution in [2.45, 2.75) is 50.9 Å². The minimum absolute atomic E-state index is 0.0800. The van der Waals surface area contributed by atoms with Crippen LogP contribution < -0.4 is 0 Å². The standard InChI is InChI=1S/C28H33FN8/c29-25-6-1-5-23(19-25)21-37-28(31-32-33-37)27(35-15-4-14-34(17-18-35)26-7-2-8-26)24-11-9-22(10-12-24)20-36-16-3-13-30-36/h1,3,5-6,9-13,16,19,26-27H,2,4,7-8,14-15,17-18,20-21H2. The molecule has 0 N–H and O–H groups in total. The van der Waals surface area contributed by atoms with Crippen molar-refractivity contribution in [1.82, 2.24) is 39.8 Å². The number of nitrogens with zero attached hydrogens (tertiary/aromatic N) is 8. The summed E-state index contributed by atoms with van der Waals surface area (Å²) in [5.74, 6) is 0.543. The van der Waals surface area contributed by atoms with E-state index >= 15 is 0 Å². The van der Waals surface area contributed by atoms with Gasteiger partial charge in [0.15, 0.2) is 5.82 Å². The number of aromatic nitrogens is 6. The molecule has 0 radical (unpaired) electrons. The third-order valence-electron chi connectivity index (χ3n) is 7.75. The number of hydrogen-bond acceptors (Lipinski definition) is 6. The van der Waals surface area contributed by atoms with Gasteiger partial charge in [-0.25, -0.2) is 9.07 Å². The Morgan fingerprint density at radius 1 is 0.892 bits per heavy atom. The molecule has 8 nitrogen and oxygen atoms in total. The lowest BCUT2D eigenvalue weighted by atomic mass is 9.91. The minimum atomic E-state index is -0.250. The highest BCUT2D eigenvalue weighted by atomic mass is 19.1. The van der Waals surface area contributed by atoms with Crippen molar-refractivity contribution < 1.29 is 4.39 Å². The fourth-order valence-electron chi connectivity index (χ4n) is 5.57. The lowest BCUT2D eigenvalue weighted by Crippen LogP contribution is -2.42. The monoisotopic (exact) mass is 500 g/mol. The molecule has 1 saturated carbocycles. The molecule has 6 rings (SSSR count). The first-order valence-electron chi connectivity index (χ1n) is 13.3. The molecule has 1 aliphatic carbocycles. The van der Waals surface area contributed by atoms with Crippen LogP contribution in [0.5, 0.6) is 0 Å². The van der Waals surface area contributed by atoms with Gasteiger partial charge in [0.05, 0.1) is 19.1 Å². The Kier molecular flexibility index (Phi) is 7.05. The first-order chi connectivity index (χ1) is 18.2. The molecular weight excluding hydrogens is 467 g/mol. The summed E-state index contributed by atoms with van der Waals surface area (Å²) in [4.78, 5) is 5.19. The Balaban J connectivity index is 1.29. The molecule has 0 amide bonds. The summed E-state index contributed by atoms with van der Waals surface area (Å²) < 4.78 is 17.6. The largest absolute Gasteiger partial charge is 0.299 e. The van der Waals surface area contributed by atoms with Crippen LogP contribution in [0.15, 0.2) is 67.0 Å². The Morgan fingerprint density at radius 3 is 2.54 bits per heavy atom. The summed E-state index contributed by atoms with van der Waals surface area (Å²) in [6.07, 6.45) is 8.90. The summed E-state index contributed by atoms with van der Waals surface area (Å²) in [6, 6.07) is 18.0. The van der Waals surface area contributed by atoms with Gasteiger partial charge in [-0.3, -0.25) is 14.5 Å². The van der Waals surface area contributed by atoms with Crippen molar-refractivity contribution in [3.8, 4) is 0 Å². The van der Waals surface area contributed by atoms with E-state index in [1.807, 2.05) is 27.7 Å². The second-order valence-electron chi connectivity index (χ2n) is 10.2. The molecule has 2 fully saturated rings. The molecule has 2 aliphatic rings. The van der Waals surface area contributed by atoms with Crippen LogP contribution >= 0.6 is 0 Å². The highest BCUT2D eigenvalue weighted by molar-refractivity contribution is 5.29. The smallest absolute Gasteiger partial charge is 0.173 e. The van der Waals surface area contributed by atoms with Crippen molar-refractivity contribution in [3.05, 3.63) is 95.3 Å². The highest BCUT2D eigenvalue weighted by Gasteiger charge is 2.32.